The van der Waals surface area contributed by atoms with Crippen LogP contribution in [-0.2, 0) is 19.6 Å². The van der Waals surface area contributed by atoms with Crippen molar-refractivity contribution in [3.8, 4) is 23.0 Å². The smallest absolute Gasteiger partial charge is 0.318 e. The molecule has 0 spiro atoms. The van der Waals surface area contributed by atoms with Crippen molar-refractivity contribution in [3.63, 3.8) is 0 Å². The number of benzene rings is 2. The van der Waals surface area contributed by atoms with E-state index in [-0.39, 0.29) is 25.3 Å². The van der Waals surface area contributed by atoms with Crippen molar-refractivity contribution in [1.82, 2.24) is 30.2 Å². The summed E-state index contributed by atoms with van der Waals surface area (Å²) in [6.45, 7) is 2.45. The van der Waals surface area contributed by atoms with Crippen LogP contribution in [0.5, 0.6) is 11.6 Å². The Morgan fingerprint density at radius 3 is 2.62 bits per heavy atom. The molecule has 3 heterocycles. The molecule has 1 aromatic heterocycles. The first-order chi connectivity index (χ1) is 24.1. The molecule has 1 saturated heterocycles. The number of amides is 4. The summed E-state index contributed by atoms with van der Waals surface area (Å²) in [6, 6.07) is 11.8. The first-order valence-electron chi connectivity index (χ1n) is 17.3. The Morgan fingerprint density at radius 1 is 1.06 bits per heavy atom. The van der Waals surface area contributed by atoms with Crippen LogP contribution in [0.15, 0.2) is 54.6 Å². The molecule has 14 heteroatoms. The first-order valence-corrected chi connectivity index (χ1v) is 18.8. The van der Waals surface area contributed by atoms with Crippen LogP contribution in [0.25, 0.3) is 22.3 Å². The number of carbonyl (C=O) groups excluding carboxylic acids is 3. The van der Waals surface area contributed by atoms with E-state index in [9.17, 15) is 22.8 Å². The van der Waals surface area contributed by atoms with Crippen molar-refractivity contribution >= 4 is 38.8 Å². The molecule has 4 amide bonds. The molecular weight excluding hydrogens is 660 g/mol. The molecule has 2 aromatic carbocycles. The highest BCUT2D eigenvalue weighted by Gasteiger charge is 2.62. The van der Waals surface area contributed by atoms with E-state index in [1.165, 1.54) is 4.90 Å². The minimum Gasteiger partial charge on any atom is -0.496 e. The van der Waals surface area contributed by atoms with Crippen molar-refractivity contribution in [3.05, 3.63) is 60.2 Å². The Balaban J connectivity index is 1.19. The highest BCUT2D eigenvalue weighted by atomic mass is 32.2. The lowest BCUT2D eigenvalue weighted by molar-refractivity contribution is -0.131. The molecule has 2 saturated carbocycles. The zero-order chi connectivity index (χ0) is 35.0. The summed E-state index contributed by atoms with van der Waals surface area (Å²) >= 11 is 0. The third-order valence-electron chi connectivity index (χ3n) is 10.0. The number of nitrogens with one attached hydrogen (secondary N) is 3. The van der Waals surface area contributed by atoms with Gasteiger partial charge in [0.15, 0.2) is 5.82 Å². The van der Waals surface area contributed by atoms with E-state index in [0.717, 1.165) is 36.8 Å². The molecule has 3 N–H and O–H groups in total. The van der Waals surface area contributed by atoms with Gasteiger partial charge in [0.2, 0.25) is 21.8 Å². The molecule has 3 fully saturated rings. The third kappa shape index (κ3) is 6.72. The normalized spacial score (nSPS) is 26.4. The van der Waals surface area contributed by atoms with Crippen LogP contribution >= 0.6 is 0 Å². The molecule has 2 aliphatic heterocycles. The summed E-state index contributed by atoms with van der Waals surface area (Å²) in [5, 5.41) is 5.90. The number of aromatic nitrogens is 2. The molecule has 2 aliphatic carbocycles. The van der Waals surface area contributed by atoms with Crippen LogP contribution < -0.4 is 24.8 Å². The maximum Gasteiger partial charge on any atom is 0.318 e. The lowest BCUT2D eigenvalue weighted by Crippen LogP contribution is -2.57. The van der Waals surface area contributed by atoms with E-state index in [2.05, 4.69) is 15.4 Å². The average molecular weight is 703 g/mol. The van der Waals surface area contributed by atoms with E-state index < -0.39 is 50.8 Å². The maximum atomic E-state index is 14.1. The number of hydrogen-bond acceptors (Lipinski definition) is 9. The molecular formula is C36H42N6O7S. The first kappa shape index (κ1) is 33.8. The van der Waals surface area contributed by atoms with Crippen LogP contribution in [0, 0.1) is 12.8 Å². The van der Waals surface area contributed by atoms with Gasteiger partial charge in [-0.3, -0.25) is 14.3 Å². The van der Waals surface area contributed by atoms with Gasteiger partial charge in [-0.15, -0.1) is 0 Å². The fourth-order valence-corrected chi connectivity index (χ4v) is 8.28. The van der Waals surface area contributed by atoms with Gasteiger partial charge in [-0.1, -0.05) is 48.9 Å². The Bertz CT molecular complexity index is 1950. The average Bonchev–Trinajstić information content (AvgIpc) is 4.03. The van der Waals surface area contributed by atoms with E-state index in [1.54, 1.807) is 7.11 Å². The van der Waals surface area contributed by atoms with Gasteiger partial charge in [-0.2, -0.15) is 4.98 Å². The molecule has 264 valence electrons. The third-order valence-corrected chi connectivity index (χ3v) is 11.9. The van der Waals surface area contributed by atoms with Gasteiger partial charge < -0.3 is 25.0 Å². The van der Waals surface area contributed by atoms with Crippen molar-refractivity contribution in [2.45, 2.75) is 81.2 Å². The molecule has 13 nitrogen and oxygen atoms in total. The number of urea groups is 1. The quantitative estimate of drug-likeness (QED) is 0.311. The zero-order valence-corrected chi connectivity index (χ0v) is 29.0. The second kappa shape index (κ2) is 13.5. The van der Waals surface area contributed by atoms with Gasteiger partial charge >= 0.3 is 6.03 Å². The minimum atomic E-state index is -3.84. The second-order valence-corrected chi connectivity index (χ2v) is 15.6. The van der Waals surface area contributed by atoms with Crippen molar-refractivity contribution < 1.29 is 32.3 Å². The van der Waals surface area contributed by atoms with Gasteiger partial charge in [0.1, 0.15) is 23.4 Å². The highest BCUT2D eigenvalue weighted by molar-refractivity contribution is 7.91. The van der Waals surface area contributed by atoms with Crippen molar-refractivity contribution in [2.75, 3.05) is 20.2 Å². The van der Waals surface area contributed by atoms with E-state index in [4.69, 9.17) is 19.4 Å². The van der Waals surface area contributed by atoms with Crippen LogP contribution in [0.3, 0.4) is 0 Å². The number of allylic oxidation sites excluding steroid dienone is 1. The summed E-state index contributed by atoms with van der Waals surface area (Å²) < 4.78 is 39.8. The maximum absolute atomic E-state index is 14.1. The number of fused-ring (bicyclic) bond motifs is 3. The van der Waals surface area contributed by atoms with Gasteiger partial charge in [-0.25, -0.2) is 18.2 Å². The molecule has 7 rings (SSSR count). The van der Waals surface area contributed by atoms with Gasteiger partial charge in [0.25, 0.3) is 5.91 Å². The zero-order valence-electron chi connectivity index (χ0n) is 28.2. The number of methoxy groups -OCH3 is 1. The largest absolute Gasteiger partial charge is 0.496 e. The van der Waals surface area contributed by atoms with Gasteiger partial charge in [0, 0.05) is 30.0 Å². The number of aryl methyl sites for hydroxylation is 1. The summed E-state index contributed by atoms with van der Waals surface area (Å²) in [6.07, 6.45) is 7.97. The molecule has 0 bridgehead atoms. The molecule has 4 aliphatic rings. The van der Waals surface area contributed by atoms with Crippen molar-refractivity contribution in [2.24, 2.45) is 5.92 Å². The topological polar surface area (TPSA) is 169 Å². The fourth-order valence-electron chi connectivity index (χ4n) is 6.91. The molecule has 3 aromatic rings. The SMILES string of the molecule is COc1ccc2c(O[C@@H]3C[C@H]4C(=O)N[C@]5(C(=O)NS(=O)(=O)C6CC6)C[C@H]5/C=C/CCCCCNC(=O)N4C3)nc(-c3ccccc3)nc2c1C. The number of rotatable bonds is 7. The standard InChI is InChI=1S/C36H42N6O7S/c1-22-29(48-2)17-16-27-30(22)38-31(23-11-7-6-8-12-23)39-33(27)49-25-19-28-32(43)40-36(34(44)41-50(46,47)26-14-15-26)20-24(36)13-9-4-3-5-10-18-37-35(45)42(28)21-25/h6-9,11-13,16-17,24-26,28H,3-5,10,14-15,18-21H2,1-2H3,(H,37,45)(H,40,43)(H,41,44)/b13-9+/t24-,25-,28+,36-/m1/s1. The minimum absolute atomic E-state index is 0.0871. The monoisotopic (exact) mass is 702 g/mol. The Hall–Kier alpha value is -4.72. The lowest BCUT2D eigenvalue weighted by atomic mass is 10.1. The number of sulfonamides is 1. The van der Waals surface area contributed by atoms with Crippen LogP contribution in [-0.4, -0.2) is 84.3 Å². The van der Waals surface area contributed by atoms with E-state index >= 15 is 0 Å². The Morgan fingerprint density at radius 2 is 1.86 bits per heavy atom. The summed E-state index contributed by atoms with van der Waals surface area (Å²) in [5.74, 6) is -0.237. The molecule has 50 heavy (non-hydrogen) atoms. The Labute approximate surface area is 291 Å². The van der Waals surface area contributed by atoms with E-state index in [0.29, 0.717) is 47.7 Å². The number of nitrogens with zero attached hydrogens (tertiary/aromatic N) is 3. The predicted molar refractivity (Wildman–Crippen MR) is 186 cm³/mol. The summed E-state index contributed by atoms with van der Waals surface area (Å²) in [7, 11) is -2.24. The molecule has 0 radical (unpaired) electrons. The van der Waals surface area contributed by atoms with Gasteiger partial charge in [-0.05, 0) is 57.6 Å². The van der Waals surface area contributed by atoms with Crippen LogP contribution in [0.1, 0.15) is 56.9 Å². The predicted octanol–water partition coefficient (Wildman–Crippen LogP) is 3.76. The summed E-state index contributed by atoms with van der Waals surface area (Å²) in [5.41, 5.74) is 0.826. The van der Waals surface area contributed by atoms with E-state index in [1.807, 2.05) is 61.5 Å². The van der Waals surface area contributed by atoms with Crippen LogP contribution in [0.2, 0.25) is 0 Å². The number of hydrogen-bond donors (Lipinski definition) is 3. The fraction of sp³-hybridized carbons (Fsp3) is 0.472. The second-order valence-electron chi connectivity index (χ2n) is 13.6. The molecule has 0 unspecified atom stereocenters. The number of ether oxygens (including phenoxy) is 2. The Kier molecular flexibility index (Phi) is 9.14. The molecule has 4 atom stereocenters. The summed E-state index contributed by atoms with van der Waals surface area (Å²) in [4.78, 5) is 52.4. The van der Waals surface area contributed by atoms with Crippen LogP contribution in [0.4, 0.5) is 4.79 Å². The van der Waals surface area contributed by atoms with Crippen molar-refractivity contribution in [1.29, 1.82) is 0 Å². The lowest BCUT2D eigenvalue weighted by Gasteiger charge is -2.26. The number of carbonyl (C=O) groups is 3. The highest BCUT2D eigenvalue weighted by Crippen LogP contribution is 2.46. The van der Waals surface area contributed by atoms with Gasteiger partial charge in [0.05, 0.1) is 29.8 Å².